The second-order valence-electron chi connectivity index (χ2n) is 0.407. The minimum absolute atomic E-state index is 0.806. The van der Waals surface area contributed by atoms with Crippen LogP contribution in [0.4, 0.5) is 0 Å². The largest absolute Gasteiger partial charge is 0.252 e. The molecule has 0 bridgehead atoms. The Labute approximate surface area is 27.1 Å². The molecule has 0 aromatic rings. The molecule has 0 atom stereocenters. The highest BCUT2D eigenvalue weighted by atomic mass is 31.0. The van der Waals surface area contributed by atoms with Crippen LogP contribution >= 0.6 is 9.39 Å². The van der Waals surface area contributed by atoms with Crippen molar-refractivity contribution in [2.24, 2.45) is 11.7 Å². The molecule has 3 nitrogen and oxygen atoms in total. The van der Waals surface area contributed by atoms with Crippen LogP contribution in [-0.4, -0.2) is 4.89 Å². The van der Waals surface area contributed by atoms with E-state index in [4.69, 9.17) is 0 Å². The maximum Gasteiger partial charge on any atom is 0.0243 e. The molecular formula is H5N3P. The Morgan fingerprint density at radius 1 is 1.50 bits per heavy atom. The summed E-state index contributed by atoms with van der Waals surface area (Å²) in [5, 5.41) is 0. The van der Waals surface area contributed by atoms with Gasteiger partial charge in [0.05, 0.1) is 0 Å². The third-order valence-corrected chi connectivity index (χ3v) is 0. The van der Waals surface area contributed by atoms with Crippen LogP contribution in [0.3, 0.4) is 0 Å². The van der Waals surface area contributed by atoms with Crippen molar-refractivity contribution in [1.82, 2.24) is 4.89 Å². The molecule has 25 valence electrons. The van der Waals surface area contributed by atoms with Gasteiger partial charge in [0.2, 0.25) is 0 Å². The predicted octanol–water partition coefficient (Wildman–Crippen LogP) is -0.906. The lowest BCUT2D eigenvalue weighted by Gasteiger charge is -1.90. The molecule has 1 radical (unpaired) electrons. The Morgan fingerprint density at radius 3 is 1.50 bits per heavy atom. The van der Waals surface area contributed by atoms with E-state index in [9.17, 15) is 0 Å². The first kappa shape index (κ1) is 4.31. The number of hydrogen-bond acceptors (Lipinski definition) is 3. The van der Waals surface area contributed by atoms with Crippen molar-refractivity contribution in [1.29, 1.82) is 0 Å². The average Bonchev–Trinajstić information content (AvgIpc) is 0.811. The quantitative estimate of drug-likeness (QED) is 0.224. The number of nitrogens with zero attached hydrogens (tertiary/aromatic N) is 1. The van der Waals surface area contributed by atoms with Gasteiger partial charge in [0.25, 0.3) is 0 Å². The summed E-state index contributed by atoms with van der Waals surface area (Å²) in [5.74, 6) is 9.27. The van der Waals surface area contributed by atoms with Gasteiger partial charge in [-0.25, -0.2) is 0 Å². The van der Waals surface area contributed by atoms with E-state index in [-0.39, 0.29) is 0 Å². The Morgan fingerprint density at radius 2 is 1.50 bits per heavy atom. The van der Waals surface area contributed by atoms with Crippen molar-refractivity contribution in [2.45, 2.75) is 0 Å². The van der Waals surface area contributed by atoms with Gasteiger partial charge in [0.15, 0.2) is 0 Å². The summed E-state index contributed by atoms with van der Waals surface area (Å²) >= 11 is 0. The molecule has 0 aliphatic carbocycles. The van der Waals surface area contributed by atoms with Gasteiger partial charge >= 0.3 is 0 Å². The molecule has 0 rings (SSSR count). The fourth-order valence-electron chi connectivity index (χ4n) is 0. The smallest absolute Gasteiger partial charge is 0.0243 e. The zero-order valence-corrected chi connectivity index (χ0v) is 3.10. The van der Waals surface area contributed by atoms with E-state index in [0.29, 0.717) is 0 Å². The molecule has 4 heteroatoms. The van der Waals surface area contributed by atoms with E-state index >= 15 is 0 Å². The maximum atomic E-state index is 4.64. The molecule has 4 N–H and O–H groups in total. The Hall–Kier alpha value is 0.310. The van der Waals surface area contributed by atoms with Crippen LogP contribution in [-0.2, 0) is 0 Å². The molecule has 0 aliphatic rings. The van der Waals surface area contributed by atoms with Gasteiger partial charge in [-0.05, 0) is 0 Å². The minimum atomic E-state index is 0.806. The molecule has 0 spiro atoms. The van der Waals surface area contributed by atoms with Crippen molar-refractivity contribution in [3.8, 4) is 0 Å². The normalized spacial score (nSPS) is 9.00. The minimum Gasteiger partial charge on any atom is -0.252 e. The fraction of sp³-hybridized carbons (Fsp3) is 0. The first-order valence-corrected chi connectivity index (χ1v) is 1.19. The molecule has 0 saturated carbocycles. The lowest BCUT2D eigenvalue weighted by Crippen LogP contribution is -2.26. The lowest BCUT2D eigenvalue weighted by molar-refractivity contribution is 0.529. The van der Waals surface area contributed by atoms with Crippen LogP contribution in [0.1, 0.15) is 0 Å². The number of rotatable bonds is 0. The van der Waals surface area contributed by atoms with Gasteiger partial charge < -0.3 is 0 Å². The maximum absolute atomic E-state index is 4.64. The number of hydrazine groups is 2. The van der Waals surface area contributed by atoms with Crippen LogP contribution in [0, 0.1) is 0 Å². The van der Waals surface area contributed by atoms with Crippen molar-refractivity contribution in [2.75, 3.05) is 0 Å². The lowest BCUT2D eigenvalue weighted by atomic mass is 12.6. The van der Waals surface area contributed by atoms with Gasteiger partial charge in [-0.15, -0.1) is 0 Å². The second-order valence-corrected chi connectivity index (χ2v) is 0.924. The SMILES string of the molecule is NN(N)[PH]. The number of nitrogens with two attached hydrogens (primary N) is 2. The molecule has 0 aliphatic heterocycles. The fourth-order valence-corrected chi connectivity index (χ4v) is 0. The predicted molar refractivity (Wildman–Crippen MR) is 18.5 cm³/mol. The Kier molecular flexibility index (Phi) is 1.74. The Bertz CT molecular complexity index is 8.00. The molecule has 0 heterocycles. The van der Waals surface area contributed by atoms with Crippen LogP contribution in [0.15, 0.2) is 0 Å². The molecular weight excluding hydrogens is 73.0 g/mol. The highest BCUT2D eigenvalue weighted by Crippen LogP contribution is 1.67. The van der Waals surface area contributed by atoms with Crippen LogP contribution in [0.25, 0.3) is 0 Å². The van der Waals surface area contributed by atoms with Crippen LogP contribution in [0.2, 0.25) is 0 Å². The zero-order valence-electron chi connectivity index (χ0n) is 2.10. The van der Waals surface area contributed by atoms with Gasteiger partial charge in [-0.1, -0.05) is 0 Å². The summed E-state index contributed by atoms with van der Waals surface area (Å²) in [6.45, 7) is 0. The molecule has 4 heavy (non-hydrogen) atoms. The van der Waals surface area contributed by atoms with Gasteiger partial charge in [-0.2, -0.15) is 4.89 Å². The second kappa shape index (κ2) is 1.61. The highest BCUT2D eigenvalue weighted by molar-refractivity contribution is 7.13. The van der Waals surface area contributed by atoms with E-state index < -0.39 is 0 Å². The van der Waals surface area contributed by atoms with Crippen molar-refractivity contribution in [3.63, 3.8) is 0 Å². The molecule has 0 aromatic heterocycles. The van der Waals surface area contributed by atoms with E-state index in [2.05, 4.69) is 21.1 Å². The average molecular weight is 78.0 g/mol. The highest BCUT2D eigenvalue weighted by Gasteiger charge is 1.58. The van der Waals surface area contributed by atoms with Gasteiger partial charge in [-0.3, -0.25) is 11.7 Å². The van der Waals surface area contributed by atoms with E-state index in [1.54, 1.807) is 0 Å². The molecule has 0 aromatic carbocycles. The van der Waals surface area contributed by atoms with Crippen molar-refractivity contribution >= 4 is 9.39 Å². The summed E-state index contributed by atoms with van der Waals surface area (Å²) in [4.78, 5) is 0.806. The Balaban J connectivity index is 2.32. The van der Waals surface area contributed by atoms with Crippen molar-refractivity contribution in [3.05, 3.63) is 0 Å². The summed E-state index contributed by atoms with van der Waals surface area (Å²) in [5.41, 5.74) is 0. The molecule has 0 fully saturated rings. The van der Waals surface area contributed by atoms with Crippen LogP contribution < -0.4 is 11.7 Å². The third-order valence-electron chi connectivity index (χ3n) is 0. The summed E-state index contributed by atoms with van der Waals surface area (Å²) in [6.07, 6.45) is 0. The van der Waals surface area contributed by atoms with Crippen LogP contribution in [0.5, 0.6) is 0 Å². The summed E-state index contributed by atoms with van der Waals surface area (Å²) < 4.78 is 0. The van der Waals surface area contributed by atoms with Crippen molar-refractivity contribution < 1.29 is 0 Å². The zero-order chi connectivity index (χ0) is 3.58. The van der Waals surface area contributed by atoms with E-state index in [1.165, 1.54) is 0 Å². The first-order chi connectivity index (χ1) is 1.73. The standard InChI is InChI=1S/H5N3P/c1-3(2)4/h4H,1-2H2. The molecule has 0 saturated heterocycles. The summed E-state index contributed by atoms with van der Waals surface area (Å²) in [6, 6.07) is 0. The number of hydrogen-bond donors (Lipinski definition) is 2. The van der Waals surface area contributed by atoms with Gasteiger partial charge in [0.1, 0.15) is 0 Å². The molecule has 0 unspecified atom stereocenters. The van der Waals surface area contributed by atoms with E-state index in [0.717, 1.165) is 4.89 Å². The third kappa shape index (κ3) is 41.3. The topological polar surface area (TPSA) is 55.3 Å². The monoisotopic (exact) mass is 78.0 g/mol. The summed E-state index contributed by atoms with van der Waals surface area (Å²) in [7, 11) is 2.70. The molecule has 0 amide bonds. The van der Waals surface area contributed by atoms with Gasteiger partial charge in [0, 0.05) is 9.39 Å². The van der Waals surface area contributed by atoms with E-state index in [1.807, 2.05) is 0 Å². The first-order valence-electron chi connectivity index (χ1n) is 0.740.